The molecule has 1 aromatic carbocycles. The molecule has 0 radical (unpaired) electrons. The molecular formula is C10H6F2O3. The minimum absolute atomic E-state index is 0.262. The summed E-state index contributed by atoms with van der Waals surface area (Å²) in [6.07, 6.45) is 0. The van der Waals surface area contributed by atoms with Gasteiger partial charge in [0.2, 0.25) is 0 Å². The number of Topliss-reactive ketones (excluding diaryl/α,β-unsaturated/α-hetero) is 1. The fourth-order valence-corrected chi connectivity index (χ4v) is 1.48. The molecule has 1 atom stereocenters. The second-order valence-electron chi connectivity index (χ2n) is 3.15. The molecule has 3 nitrogen and oxygen atoms in total. The van der Waals surface area contributed by atoms with Crippen LogP contribution in [0, 0.1) is 11.6 Å². The summed E-state index contributed by atoms with van der Waals surface area (Å²) in [7, 11) is 0. The first-order valence-electron chi connectivity index (χ1n) is 4.24. The van der Waals surface area contributed by atoms with Crippen LogP contribution in [0.2, 0.25) is 0 Å². The molecule has 0 amide bonds. The standard InChI is InChI=1S/C10H6F2O3/c11-6-3-1-2-5(9(6)12)8-7(13)4-15-10(8)14/h1-3,8H,4H2. The predicted octanol–water partition coefficient (Wildman–Crippen LogP) is 1.17. The summed E-state index contributed by atoms with van der Waals surface area (Å²) in [5, 5.41) is 0. The lowest BCUT2D eigenvalue weighted by Gasteiger charge is -2.06. The van der Waals surface area contributed by atoms with Crippen LogP contribution in [0.4, 0.5) is 8.78 Å². The number of esters is 1. The molecular weight excluding hydrogens is 206 g/mol. The van der Waals surface area contributed by atoms with Crippen molar-refractivity contribution in [2.75, 3.05) is 6.61 Å². The van der Waals surface area contributed by atoms with Gasteiger partial charge in [0.05, 0.1) is 0 Å². The van der Waals surface area contributed by atoms with E-state index in [0.717, 1.165) is 6.07 Å². The Balaban J connectivity index is 2.49. The lowest BCUT2D eigenvalue weighted by Crippen LogP contribution is -2.15. The Labute approximate surface area is 83.7 Å². The van der Waals surface area contributed by atoms with Crippen molar-refractivity contribution in [3.8, 4) is 0 Å². The van der Waals surface area contributed by atoms with Gasteiger partial charge in [-0.1, -0.05) is 12.1 Å². The fourth-order valence-electron chi connectivity index (χ4n) is 1.48. The van der Waals surface area contributed by atoms with E-state index in [4.69, 9.17) is 0 Å². The number of cyclic esters (lactones) is 1. The zero-order valence-corrected chi connectivity index (χ0v) is 7.50. The number of benzene rings is 1. The van der Waals surface area contributed by atoms with Gasteiger partial charge < -0.3 is 4.74 Å². The van der Waals surface area contributed by atoms with E-state index in [1.165, 1.54) is 12.1 Å². The smallest absolute Gasteiger partial charge is 0.321 e. The molecule has 78 valence electrons. The second-order valence-corrected chi connectivity index (χ2v) is 3.15. The Bertz CT molecular complexity index is 426. The van der Waals surface area contributed by atoms with E-state index in [-0.39, 0.29) is 12.2 Å². The highest BCUT2D eigenvalue weighted by atomic mass is 19.2. The summed E-state index contributed by atoms with van der Waals surface area (Å²) >= 11 is 0. The maximum absolute atomic E-state index is 13.3. The number of hydrogen-bond acceptors (Lipinski definition) is 3. The largest absolute Gasteiger partial charge is 0.457 e. The molecule has 1 unspecified atom stereocenters. The molecule has 5 heteroatoms. The zero-order chi connectivity index (χ0) is 11.0. The molecule has 15 heavy (non-hydrogen) atoms. The number of hydrogen-bond donors (Lipinski definition) is 0. The number of carbonyl (C=O) groups is 2. The summed E-state index contributed by atoms with van der Waals surface area (Å²) < 4.78 is 30.6. The van der Waals surface area contributed by atoms with E-state index in [0.29, 0.717) is 0 Å². The van der Waals surface area contributed by atoms with E-state index in [1.54, 1.807) is 0 Å². The van der Waals surface area contributed by atoms with Crippen molar-refractivity contribution in [1.29, 1.82) is 0 Å². The SMILES string of the molecule is O=C1COC(=O)C1c1cccc(F)c1F. The van der Waals surface area contributed by atoms with Crippen molar-refractivity contribution in [2.24, 2.45) is 0 Å². The number of ketones is 1. The molecule has 0 bridgehead atoms. The monoisotopic (exact) mass is 212 g/mol. The van der Waals surface area contributed by atoms with Crippen molar-refractivity contribution < 1.29 is 23.1 Å². The summed E-state index contributed by atoms with van der Waals surface area (Å²) in [6, 6.07) is 3.36. The van der Waals surface area contributed by atoms with Gasteiger partial charge in [0.25, 0.3) is 0 Å². The third-order valence-corrected chi connectivity index (χ3v) is 2.21. The van der Waals surface area contributed by atoms with Crippen molar-refractivity contribution in [2.45, 2.75) is 5.92 Å². The average Bonchev–Trinajstić information content (AvgIpc) is 2.52. The minimum atomic E-state index is -1.32. The van der Waals surface area contributed by atoms with Gasteiger partial charge in [-0.2, -0.15) is 0 Å². The van der Waals surface area contributed by atoms with E-state index >= 15 is 0 Å². The van der Waals surface area contributed by atoms with Crippen LogP contribution in [0.1, 0.15) is 11.5 Å². The Morgan fingerprint density at radius 2 is 2.00 bits per heavy atom. The molecule has 1 aliphatic rings. The van der Waals surface area contributed by atoms with Crippen LogP contribution in [0.15, 0.2) is 18.2 Å². The second kappa shape index (κ2) is 3.42. The third-order valence-electron chi connectivity index (χ3n) is 2.21. The first-order chi connectivity index (χ1) is 7.11. The minimum Gasteiger partial charge on any atom is -0.457 e. The Morgan fingerprint density at radius 1 is 1.27 bits per heavy atom. The van der Waals surface area contributed by atoms with E-state index in [1.807, 2.05) is 0 Å². The molecule has 1 fully saturated rings. The van der Waals surface area contributed by atoms with Crippen molar-refractivity contribution >= 4 is 11.8 Å². The van der Waals surface area contributed by atoms with Crippen LogP contribution in [-0.2, 0) is 14.3 Å². The van der Waals surface area contributed by atoms with Crippen LogP contribution >= 0.6 is 0 Å². The van der Waals surface area contributed by atoms with Gasteiger partial charge in [-0.05, 0) is 6.07 Å². The molecule has 0 aliphatic carbocycles. The lowest BCUT2D eigenvalue weighted by atomic mass is 9.96. The topological polar surface area (TPSA) is 43.4 Å². The zero-order valence-electron chi connectivity index (χ0n) is 7.50. The number of halogens is 2. The van der Waals surface area contributed by atoms with Gasteiger partial charge in [0, 0.05) is 5.56 Å². The van der Waals surface area contributed by atoms with Gasteiger partial charge in [-0.15, -0.1) is 0 Å². The molecule has 0 aromatic heterocycles. The van der Waals surface area contributed by atoms with Crippen LogP contribution in [0.3, 0.4) is 0 Å². The number of carbonyl (C=O) groups excluding carboxylic acids is 2. The van der Waals surface area contributed by atoms with Gasteiger partial charge in [0.1, 0.15) is 5.92 Å². The van der Waals surface area contributed by atoms with Crippen LogP contribution in [-0.4, -0.2) is 18.4 Å². The van der Waals surface area contributed by atoms with Crippen molar-refractivity contribution in [1.82, 2.24) is 0 Å². The van der Waals surface area contributed by atoms with Crippen molar-refractivity contribution in [3.05, 3.63) is 35.4 Å². The molecule has 2 rings (SSSR count). The van der Waals surface area contributed by atoms with Crippen molar-refractivity contribution in [3.63, 3.8) is 0 Å². The molecule has 1 aromatic rings. The highest BCUT2D eigenvalue weighted by Gasteiger charge is 2.38. The summed E-state index contributed by atoms with van der Waals surface area (Å²) in [6.45, 7) is -0.376. The average molecular weight is 212 g/mol. The molecule has 1 saturated heterocycles. The first kappa shape index (κ1) is 9.76. The van der Waals surface area contributed by atoms with Crippen LogP contribution in [0.25, 0.3) is 0 Å². The van der Waals surface area contributed by atoms with E-state index < -0.39 is 29.3 Å². The first-order valence-corrected chi connectivity index (χ1v) is 4.24. The fraction of sp³-hybridized carbons (Fsp3) is 0.200. The van der Waals surface area contributed by atoms with Crippen LogP contribution in [0.5, 0.6) is 0 Å². The normalized spacial score (nSPS) is 20.5. The lowest BCUT2D eigenvalue weighted by molar-refractivity contribution is -0.139. The number of rotatable bonds is 1. The van der Waals surface area contributed by atoms with Gasteiger partial charge >= 0.3 is 5.97 Å². The molecule has 0 N–H and O–H groups in total. The highest BCUT2D eigenvalue weighted by Crippen LogP contribution is 2.26. The highest BCUT2D eigenvalue weighted by molar-refractivity contribution is 6.09. The summed E-state index contributed by atoms with van der Waals surface area (Å²) in [5.41, 5.74) is -0.262. The van der Waals surface area contributed by atoms with Crippen LogP contribution < -0.4 is 0 Å². The molecule has 0 spiro atoms. The maximum Gasteiger partial charge on any atom is 0.321 e. The summed E-state index contributed by atoms with van der Waals surface area (Å²) in [4.78, 5) is 22.3. The third kappa shape index (κ3) is 1.49. The van der Waals surface area contributed by atoms with E-state index in [2.05, 4.69) is 4.74 Å². The Kier molecular flexibility index (Phi) is 2.22. The Morgan fingerprint density at radius 3 is 2.60 bits per heavy atom. The van der Waals surface area contributed by atoms with Gasteiger partial charge in [0.15, 0.2) is 24.0 Å². The molecule has 1 heterocycles. The maximum atomic E-state index is 13.3. The molecule has 0 saturated carbocycles. The Hall–Kier alpha value is -1.78. The number of ether oxygens (including phenoxy) is 1. The van der Waals surface area contributed by atoms with Gasteiger partial charge in [-0.3, -0.25) is 9.59 Å². The summed E-state index contributed by atoms with van der Waals surface area (Å²) in [5.74, 6) is -4.95. The predicted molar refractivity (Wildman–Crippen MR) is 45.1 cm³/mol. The van der Waals surface area contributed by atoms with Gasteiger partial charge in [-0.25, -0.2) is 8.78 Å². The van der Waals surface area contributed by atoms with E-state index in [9.17, 15) is 18.4 Å². The quantitative estimate of drug-likeness (QED) is 0.518. The molecule has 1 aliphatic heterocycles.